The number of nitrogens with one attached hydrogen (secondary N) is 1. The highest BCUT2D eigenvalue weighted by Crippen LogP contribution is 2.24. The first-order chi connectivity index (χ1) is 8.25. The molecule has 3 nitrogen and oxygen atoms in total. The van der Waals surface area contributed by atoms with Crippen LogP contribution in [-0.2, 0) is 12.8 Å². The number of aromatic amines is 1. The Morgan fingerprint density at radius 1 is 1.29 bits per heavy atom. The smallest absolute Gasteiger partial charge is 0.185 e. The molecular formula is C14H15NO2. The highest BCUT2D eigenvalue weighted by Gasteiger charge is 2.15. The van der Waals surface area contributed by atoms with Gasteiger partial charge in [-0.15, -0.1) is 0 Å². The number of aromatic nitrogens is 1. The van der Waals surface area contributed by atoms with Gasteiger partial charge in [0.05, 0.1) is 12.0 Å². The predicted octanol–water partition coefficient (Wildman–Crippen LogP) is 2.82. The lowest BCUT2D eigenvalue weighted by Gasteiger charge is -2.15. The summed E-state index contributed by atoms with van der Waals surface area (Å²) in [5, 5.41) is 0. The number of H-pyrrole nitrogens is 1. The molecule has 0 radical (unpaired) electrons. The van der Waals surface area contributed by atoms with Crippen LogP contribution in [0.1, 0.15) is 29.9 Å². The Hall–Kier alpha value is -1.77. The van der Waals surface area contributed by atoms with Gasteiger partial charge in [0, 0.05) is 22.9 Å². The summed E-state index contributed by atoms with van der Waals surface area (Å²) in [4.78, 5) is 15.4. The Morgan fingerprint density at radius 2 is 2.12 bits per heavy atom. The fourth-order valence-electron chi connectivity index (χ4n) is 2.54. The van der Waals surface area contributed by atoms with Crippen LogP contribution in [0.2, 0.25) is 0 Å². The molecule has 1 aliphatic rings. The summed E-state index contributed by atoms with van der Waals surface area (Å²) in [6.45, 7) is 1.91. The highest BCUT2D eigenvalue weighted by atomic mass is 16.3. The summed E-state index contributed by atoms with van der Waals surface area (Å²) < 4.78 is 5.28. The summed E-state index contributed by atoms with van der Waals surface area (Å²) >= 11 is 0. The molecule has 2 heterocycles. The van der Waals surface area contributed by atoms with Gasteiger partial charge in [-0.3, -0.25) is 4.79 Å². The van der Waals surface area contributed by atoms with Crippen molar-refractivity contribution in [1.29, 1.82) is 0 Å². The Balaban J connectivity index is 2.17. The van der Waals surface area contributed by atoms with E-state index in [1.807, 2.05) is 13.0 Å². The standard InChI is InChI=1S/C14H15NO2/c1-9-10(6-7-17-9)13-8-14(16)11-4-2-3-5-12(11)15-13/h6-8H,2-5H2,1H3,(H,15,16). The minimum Gasteiger partial charge on any atom is -0.469 e. The maximum atomic E-state index is 12.0. The largest absolute Gasteiger partial charge is 0.469 e. The van der Waals surface area contributed by atoms with Gasteiger partial charge >= 0.3 is 0 Å². The van der Waals surface area contributed by atoms with E-state index >= 15 is 0 Å². The molecule has 0 bridgehead atoms. The molecule has 0 saturated carbocycles. The zero-order chi connectivity index (χ0) is 11.8. The fourth-order valence-corrected chi connectivity index (χ4v) is 2.54. The number of rotatable bonds is 1. The number of pyridine rings is 1. The second kappa shape index (κ2) is 3.91. The van der Waals surface area contributed by atoms with Crippen LogP contribution in [-0.4, -0.2) is 4.98 Å². The third-order valence-electron chi connectivity index (χ3n) is 3.48. The second-order valence-corrected chi connectivity index (χ2v) is 4.60. The van der Waals surface area contributed by atoms with Crippen LogP contribution < -0.4 is 5.43 Å². The normalized spacial score (nSPS) is 14.6. The zero-order valence-corrected chi connectivity index (χ0v) is 9.88. The fraction of sp³-hybridized carbons (Fsp3) is 0.357. The van der Waals surface area contributed by atoms with Crippen LogP contribution in [0.5, 0.6) is 0 Å². The minimum absolute atomic E-state index is 0.161. The van der Waals surface area contributed by atoms with E-state index in [1.54, 1.807) is 12.3 Å². The number of furan rings is 1. The van der Waals surface area contributed by atoms with Crippen LogP contribution in [0.15, 0.2) is 27.6 Å². The van der Waals surface area contributed by atoms with Gasteiger partial charge in [0.15, 0.2) is 5.43 Å². The monoisotopic (exact) mass is 229 g/mol. The Labute approximate surface area is 99.5 Å². The Kier molecular flexibility index (Phi) is 2.39. The average Bonchev–Trinajstić information content (AvgIpc) is 2.75. The minimum atomic E-state index is 0.161. The van der Waals surface area contributed by atoms with Crippen molar-refractivity contribution in [3.05, 3.63) is 45.6 Å². The second-order valence-electron chi connectivity index (χ2n) is 4.60. The summed E-state index contributed by atoms with van der Waals surface area (Å²) in [5.74, 6) is 0.844. The van der Waals surface area contributed by atoms with Crippen molar-refractivity contribution in [3.63, 3.8) is 0 Å². The van der Waals surface area contributed by atoms with Crippen LogP contribution in [0.25, 0.3) is 11.3 Å². The highest BCUT2D eigenvalue weighted by molar-refractivity contribution is 5.61. The van der Waals surface area contributed by atoms with E-state index in [-0.39, 0.29) is 5.43 Å². The van der Waals surface area contributed by atoms with Gasteiger partial charge in [0.1, 0.15) is 5.76 Å². The van der Waals surface area contributed by atoms with Crippen molar-refractivity contribution in [3.8, 4) is 11.3 Å². The molecule has 1 N–H and O–H groups in total. The van der Waals surface area contributed by atoms with Gasteiger partial charge in [-0.2, -0.15) is 0 Å². The van der Waals surface area contributed by atoms with E-state index in [0.717, 1.165) is 54.0 Å². The third-order valence-corrected chi connectivity index (χ3v) is 3.48. The molecule has 17 heavy (non-hydrogen) atoms. The van der Waals surface area contributed by atoms with E-state index in [2.05, 4.69) is 4.98 Å². The molecule has 88 valence electrons. The van der Waals surface area contributed by atoms with E-state index in [1.165, 1.54) is 0 Å². The molecule has 0 amide bonds. The van der Waals surface area contributed by atoms with Gasteiger partial charge in [-0.25, -0.2) is 0 Å². The third kappa shape index (κ3) is 1.71. The lowest BCUT2D eigenvalue weighted by atomic mass is 9.95. The van der Waals surface area contributed by atoms with Crippen LogP contribution in [0, 0.1) is 6.92 Å². The van der Waals surface area contributed by atoms with Crippen LogP contribution in [0.4, 0.5) is 0 Å². The number of hydrogen-bond acceptors (Lipinski definition) is 2. The van der Waals surface area contributed by atoms with Crippen molar-refractivity contribution in [2.75, 3.05) is 0 Å². The molecule has 3 rings (SSSR count). The van der Waals surface area contributed by atoms with Gasteiger partial charge in [-0.05, 0) is 38.7 Å². The van der Waals surface area contributed by atoms with Crippen LogP contribution in [0.3, 0.4) is 0 Å². The SMILES string of the molecule is Cc1occc1-c1cc(=O)c2c([nH]1)CCCC2. The Morgan fingerprint density at radius 3 is 2.88 bits per heavy atom. The van der Waals surface area contributed by atoms with Crippen molar-refractivity contribution in [2.45, 2.75) is 32.6 Å². The van der Waals surface area contributed by atoms with Crippen LogP contribution >= 0.6 is 0 Å². The molecule has 3 heteroatoms. The molecule has 1 aliphatic carbocycles. The van der Waals surface area contributed by atoms with Crippen molar-refractivity contribution >= 4 is 0 Å². The molecule has 0 unspecified atom stereocenters. The summed E-state index contributed by atoms with van der Waals surface area (Å²) in [7, 11) is 0. The molecule has 0 aliphatic heterocycles. The van der Waals surface area contributed by atoms with E-state index in [0.29, 0.717) is 0 Å². The van der Waals surface area contributed by atoms with Gasteiger partial charge in [-0.1, -0.05) is 0 Å². The zero-order valence-electron chi connectivity index (χ0n) is 9.88. The Bertz CT molecular complexity index is 607. The average molecular weight is 229 g/mol. The first kappa shape index (κ1) is 10.4. The lowest BCUT2D eigenvalue weighted by Crippen LogP contribution is -2.17. The quantitative estimate of drug-likeness (QED) is 0.817. The molecule has 0 saturated heterocycles. The first-order valence-corrected chi connectivity index (χ1v) is 6.05. The first-order valence-electron chi connectivity index (χ1n) is 6.05. The number of aryl methyl sites for hydroxylation is 2. The van der Waals surface area contributed by atoms with E-state index < -0.39 is 0 Å². The van der Waals surface area contributed by atoms with Crippen molar-refractivity contribution in [2.24, 2.45) is 0 Å². The maximum absolute atomic E-state index is 12.0. The lowest BCUT2D eigenvalue weighted by molar-refractivity contribution is 0.535. The van der Waals surface area contributed by atoms with E-state index in [9.17, 15) is 4.79 Å². The number of fused-ring (bicyclic) bond motifs is 1. The maximum Gasteiger partial charge on any atom is 0.185 e. The predicted molar refractivity (Wildman–Crippen MR) is 66.1 cm³/mol. The van der Waals surface area contributed by atoms with Gasteiger partial charge in [0.2, 0.25) is 0 Å². The molecule has 0 atom stereocenters. The molecule has 2 aromatic heterocycles. The molecule has 0 spiro atoms. The summed E-state index contributed by atoms with van der Waals surface area (Å²) in [5.41, 5.74) is 4.10. The van der Waals surface area contributed by atoms with Crippen molar-refractivity contribution in [1.82, 2.24) is 4.98 Å². The van der Waals surface area contributed by atoms with Crippen molar-refractivity contribution < 1.29 is 4.42 Å². The van der Waals surface area contributed by atoms with Gasteiger partial charge in [0.25, 0.3) is 0 Å². The van der Waals surface area contributed by atoms with E-state index in [4.69, 9.17) is 4.42 Å². The van der Waals surface area contributed by atoms with Gasteiger partial charge < -0.3 is 9.40 Å². The molecule has 0 aromatic carbocycles. The topological polar surface area (TPSA) is 46.0 Å². The number of hydrogen-bond donors (Lipinski definition) is 1. The molecule has 2 aromatic rings. The molecular weight excluding hydrogens is 214 g/mol. The summed E-state index contributed by atoms with van der Waals surface area (Å²) in [6, 6.07) is 3.60. The molecule has 0 fully saturated rings. The summed E-state index contributed by atoms with van der Waals surface area (Å²) in [6.07, 6.45) is 5.84.